The smallest absolute Gasteiger partial charge is 0.213 e. The number of hydrogen-bond acceptors (Lipinski definition) is 4. The number of rotatable bonds is 7. The van der Waals surface area contributed by atoms with Crippen molar-refractivity contribution in [2.75, 3.05) is 26.3 Å². The maximum atomic E-state index is 5.80. The second-order valence-electron chi connectivity index (χ2n) is 5.89. The van der Waals surface area contributed by atoms with Crippen LogP contribution in [-0.2, 0) is 11.3 Å². The summed E-state index contributed by atoms with van der Waals surface area (Å²) in [7, 11) is 0. The van der Waals surface area contributed by atoms with Crippen LogP contribution in [0.2, 0.25) is 0 Å². The molecule has 1 aromatic heterocycles. The van der Waals surface area contributed by atoms with Gasteiger partial charge in [0.2, 0.25) is 5.88 Å². The Morgan fingerprint density at radius 2 is 2.25 bits per heavy atom. The van der Waals surface area contributed by atoms with Gasteiger partial charge in [0.05, 0.1) is 18.8 Å². The summed E-state index contributed by atoms with van der Waals surface area (Å²) in [4.78, 5) is 8.80. The van der Waals surface area contributed by atoms with Crippen molar-refractivity contribution >= 4 is 29.9 Å². The Morgan fingerprint density at radius 3 is 2.92 bits per heavy atom. The molecule has 1 aliphatic rings. The van der Waals surface area contributed by atoms with Gasteiger partial charge in [-0.2, -0.15) is 0 Å². The minimum Gasteiger partial charge on any atom is -0.478 e. The molecule has 1 aromatic rings. The molecular formula is C17H29IN4O2. The van der Waals surface area contributed by atoms with Crippen molar-refractivity contribution in [1.82, 2.24) is 15.6 Å². The van der Waals surface area contributed by atoms with E-state index in [4.69, 9.17) is 9.47 Å². The fourth-order valence-electron chi connectivity index (χ4n) is 2.53. The van der Waals surface area contributed by atoms with Crippen LogP contribution in [0.25, 0.3) is 0 Å². The largest absolute Gasteiger partial charge is 0.478 e. The van der Waals surface area contributed by atoms with Crippen molar-refractivity contribution in [3.63, 3.8) is 0 Å². The van der Waals surface area contributed by atoms with Gasteiger partial charge in [-0.25, -0.2) is 9.98 Å². The first-order valence-corrected chi connectivity index (χ1v) is 8.39. The molecule has 1 aliphatic heterocycles. The quantitative estimate of drug-likeness (QED) is 0.382. The van der Waals surface area contributed by atoms with Crippen molar-refractivity contribution in [2.45, 2.75) is 45.8 Å². The van der Waals surface area contributed by atoms with Gasteiger partial charge < -0.3 is 20.1 Å². The van der Waals surface area contributed by atoms with E-state index in [9.17, 15) is 0 Å². The fourth-order valence-corrected chi connectivity index (χ4v) is 2.53. The van der Waals surface area contributed by atoms with Gasteiger partial charge in [0.1, 0.15) is 0 Å². The highest BCUT2D eigenvalue weighted by atomic mass is 127. The van der Waals surface area contributed by atoms with Crippen LogP contribution in [0.3, 0.4) is 0 Å². The van der Waals surface area contributed by atoms with E-state index in [2.05, 4.69) is 34.5 Å². The maximum Gasteiger partial charge on any atom is 0.213 e. The van der Waals surface area contributed by atoms with Crippen molar-refractivity contribution in [1.29, 1.82) is 0 Å². The standard InChI is InChI=1S/C17H28N4O2.HI/c1-4-18-16(21-13-17(3)8-6-10-23-17)20-12-14-7-9-19-15(11-14)22-5-2;/h7,9,11H,4-6,8,10,12-13H2,1-3H3,(H2,18,20,21);1H. The number of nitrogens with one attached hydrogen (secondary N) is 2. The van der Waals surface area contributed by atoms with Crippen LogP contribution < -0.4 is 15.4 Å². The fraction of sp³-hybridized carbons (Fsp3) is 0.647. The predicted octanol–water partition coefficient (Wildman–Crippen LogP) is 2.72. The van der Waals surface area contributed by atoms with E-state index >= 15 is 0 Å². The molecule has 24 heavy (non-hydrogen) atoms. The molecule has 136 valence electrons. The zero-order chi connectivity index (χ0) is 16.5. The molecule has 2 heterocycles. The lowest BCUT2D eigenvalue weighted by Gasteiger charge is -2.24. The Kier molecular flexibility index (Phi) is 9.35. The Bertz CT molecular complexity index is 519. The molecular weight excluding hydrogens is 419 g/mol. The zero-order valence-electron chi connectivity index (χ0n) is 14.8. The van der Waals surface area contributed by atoms with E-state index in [1.807, 2.05) is 19.1 Å². The molecule has 0 bridgehead atoms. The highest BCUT2D eigenvalue weighted by molar-refractivity contribution is 14.0. The Balaban J connectivity index is 0.00000288. The first-order valence-electron chi connectivity index (χ1n) is 8.39. The average molecular weight is 448 g/mol. The molecule has 0 saturated carbocycles. The van der Waals surface area contributed by atoms with Crippen LogP contribution in [0.1, 0.15) is 39.2 Å². The van der Waals surface area contributed by atoms with Crippen molar-refractivity contribution in [3.8, 4) is 5.88 Å². The maximum absolute atomic E-state index is 5.80. The molecule has 1 atom stereocenters. The third kappa shape index (κ3) is 6.80. The third-order valence-electron chi connectivity index (χ3n) is 3.79. The molecule has 0 amide bonds. The molecule has 1 fully saturated rings. The number of pyridine rings is 1. The number of nitrogens with zero attached hydrogens (tertiary/aromatic N) is 2. The normalized spacial score (nSPS) is 20.4. The molecule has 2 N–H and O–H groups in total. The number of guanidine groups is 1. The van der Waals surface area contributed by atoms with Crippen LogP contribution in [0.15, 0.2) is 23.3 Å². The van der Waals surface area contributed by atoms with E-state index in [0.29, 0.717) is 19.0 Å². The molecule has 1 saturated heterocycles. The average Bonchev–Trinajstić information content (AvgIpc) is 2.98. The van der Waals surface area contributed by atoms with E-state index in [-0.39, 0.29) is 29.6 Å². The van der Waals surface area contributed by atoms with Crippen molar-refractivity contribution in [2.24, 2.45) is 4.99 Å². The van der Waals surface area contributed by atoms with Gasteiger partial charge in [0.15, 0.2) is 5.96 Å². The number of ether oxygens (including phenoxy) is 2. The Labute approximate surface area is 161 Å². The predicted molar refractivity (Wildman–Crippen MR) is 107 cm³/mol. The summed E-state index contributed by atoms with van der Waals surface area (Å²) in [5.74, 6) is 1.45. The molecule has 0 spiro atoms. The lowest BCUT2D eigenvalue weighted by Crippen LogP contribution is -2.45. The monoisotopic (exact) mass is 448 g/mol. The van der Waals surface area contributed by atoms with Crippen LogP contribution in [0.4, 0.5) is 0 Å². The molecule has 0 aromatic carbocycles. The number of halogens is 1. The highest BCUT2D eigenvalue weighted by Crippen LogP contribution is 2.23. The van der Waals surface area contributed by atoms with E-state index in [1.54, 1.807) is 6.20 Å². The van der Waals surface area contributed by atoms with Gasteiger partial charge >= 0.3 is 0 Å². The molecule has 0 radical (unpaired) electrons. The van der Waals surface area contributed by atoms with Gasteiger partial charge in [0, 0.05) is 32.0 Å². The molecule has 7 heteroatoms. The molecule has 0 aliphatic carbocycles. The summed E-state index contributed by atoms with van der Waals surface area (Å²) >= 11 is 0. The lowest BCUT2D eigenvalue weighted by atomic mass is 10.0. The Morgan fingerprint density at radius 1 is 1.42 bits per heavy atom. The third-order valence-corrected chi connectivity index (χ3v) is 3.79. The second-order valence-corrected chi connectivity index (χ2v) is 5.89. The number of hydrogen-bond donors (Lipinski definition) is 2. The van der Waals surface area contributed by atoms with Gasteiger partial charge in [-0.05, 0) is 45.2 Å². The summed E-state index contributed by atoms with van der Waals surface area (Å²) in [6, 6.07) is 3.88. The summed E-state index contributed by atoms with van der Waals surface area (Å²) < 4.78 is 11.2. The first-order chi connectivity index (χ1) is 11.1. The van der Waals surface area contributed by atoms with Crippen molar-refractivity contribution in [3.05, 3.63) is 23.9 Å². The van der Waals surface area contributed by atoms with Crippen LogP contribution in [-0.4, -0.2) is 42.8 Å². The molecule has 6 nitrogen and oxygen atoms in total. The minimum absolute atomic E-state index is 0. The number of aromatic nitrogens is 1. The van der Waals surface area contributed by atoms with Crippen molar-refractivity contribution < 1.29 is 9.47 Å². The molecule has 2 rings (SSSR count). The summed E-state index contributed by atoms with van der Waals surface area (Å²) in [6.07, 6.45) is 3.97. The van der Waals surface area contributed by atoms with E-state index < -0.39 is 0 Å². The van der Waals surface area contributed by atoms with Crippen LogP contribution in [0.5, 0.6) is 5.88 Å². The molecule has 1 unspecified atom stereocenters. The summed E-state index contributed by atoms with van der Waals surface area (Å²) in [5.41, 5.74) is 0.985. The lowest BCUT2D eigenvalue weighted by molar-refractivity contribution is 0.0243. The van der Waals surface area contributed by atoms with Gasteiger partial charge in [-0.3, -0.25) is 0 Å². The number of aliphatic imine (C=N–C) groups is 1. The Hall–Kier alpha value is -1.09. The van der Waals surface area contributed by atoms with E-state index in [0.717, 1.165) is 44.1 Å². The summed E-state index contributed by atoms with van der Waals surface area (Å²) in [5, 5.41) is 6.65. The van der Waals surface area contributed by atoms with Gasteiger partial charge in [-0.1, -0.05) is 0 Å². The summed E-state index contributed by atoms with van der Waals surface area (Å²) in [6.45, 7) is 9.79. The topological polar surface area (TPSA) is 67.8 Å². The first kappa shape index (κ1) is 21.0. The van der Waals surface area contributed by atoms with Gasteiger partial charge in [0.25, 0.3) is 0 Å². The minimum atomic E-state index is -0.0883. The second kappa shape index (κ2) is 10.7. The zero-order valence-corrected chi connectivity index (χ0v) is 17.1. The highest BCUT2D eigenvalue weighted by Gasteiger charge is 2.29. The van der Waals surface area contributed by atoms with Crippen LogP contribution >= 0.6 is 24.0 Å². The van der Waals surface area contributed by atoms with Crippen LogP contribution in [0, 0.1) is 0 Å². The van der Waals surface area contributed by atoms with Gasteiger partial charge in [-0.15, -0.1) is 24.0 Å². The SMILES string of the molecule is CCNC(=NCc1ccnc(OCC)c1)NCC1(C)CCCO1.I. The van der Waals surface area contributed by atoms with E-state index in [1.165, 1.54) is 0 Å².